The van der Waals surface area contributed by atoms with Crippen molar-refractivity contribution in [1.29, 1.82) is 0 Å². The van der Waals surface area contributed by atoms with E-state index in [9.17, 15) is 4.79 Å². The summed E-state index contributed by atoms with van der Waals surface area (Å²) in [6.45, 7) is 2.05. The van der Waals surface area contributed by atoms with Gasteiger partial charge in [0, 0.05) is 25.8 Å². The second-order valence-electron chi connectivity index (χ2n) is 3.78. The van der Waals surface area contributed by atoms with E-state index >= 15 is 0 Å². The number of benzene rings is 1. The van der Waals surface area contributed by atoms with Crippen LogP contribution in [-0.4, -0.2) is 55.7 Å². The van der Waals surface area contributed by atoms with E-state index in [1.807, 2.05) is 23.1 Å². The maximum Gasteiger partial charge on any atom is 0.176 e. The molecule has 1 aromatic rings. The van der Waals surface area contributed by atoms with Crippen molar-refractivity contribution in [2.24, 2.45) is 0 Å². The minimum absolute atomic E-state index is 0.0474. The summed E-state index contributed by atoms with van der Waals surface area (Å²) < 4.78 is 4.97. The summed E-state index contributed by atoms with van der Waals surface area (Å²) in [5.74, 6) is 0.0650. The Kier molecular flexibility index (Phi) is 6.47. The van der Waals surface area contributed by atoms with E-state index in [1.54, 1.807) is 19.2 Å². The molecule has 4 heteroatoms. The lowest BCUT2D eigenvalue weighted by Gasteiger charge is -2.19. The minimum atomic E-state index is 0.0474. The Balaban J connectivity index is 2.51. The van der Waals surface area contributed by atoms with Crippen LogP contribution in [0.25, 0.3) is 0 Å². The van der Waals surface area contributed by atoms with Crippen LogP contribution in [0.3, 0.4) is 0 Å². The van der Waals surface area contributed by atoms with Crippen molar-refractivity contribution < 1.29 is 14.6 Å². The maximum absolute atomic E-state index is 11.9. The van der Waals surface area contributed by atoms with Gasteiger partial charge in [-0.15, -0.1) is 0 Å². The molecule has 17 heavy (non-hydrogen) atoms. The number of ketones is 1. The number of hydrogen-bond acceptors (Lipinski definition) is 4. The Morgan fingerprint density at radius 1 is 1.29 bits per heavy atom. The van der Waals surface area contributed by atoms with Crippen molar-refractivity contribution in [1.82, 2.24) is 4.90 Å². The van der Waals surface area contributed by atoms with Gasteiger partial charge in [0.15, 0.2) is 5.78 Å². The highest BCUT2D eigenvalue weighted by atomic mass is 16.5. The molecule has 94 valence electrons. The molecule has 0 saturated heterocycles. The van der Waals surface area contributed by atoms with Crippen molar-refractivity contribution >= 4 is 5.78 Å². The zero-order chi connectivity index (χ0) is 12.5. The van der Waals surface area contributed by atoms with E-state index in [2.05, 4.69) is 0 Å². The van der Waals surface area contributed by atoms with E-state index in [-0.39, 0.29) is 12.4 Å². The van der Waals surface area contributed by atoms with Crippen LogP contribution in [0, 0.1) is 0 Å². The Morgan fingerprint density at radius 2 is 2.00 bits per heavy atom. The molecule has 1 aromatic carbocycles. The number of hydrogen-bond donors (Lipinski definition) is 1. The van der Waals surface area contributed by atoms with Crippen molar-refractivity contribution in [2.45, 2.75) is 0 Å². The predicted octanol–water partition coefficient (Wildman–Crippen LogP) is 0.810. The van der Waals surface area contributed by atoms with Gasteiger partial charge in [0.25, 0.3) is 0 Å². The highest BCUT2D eigenvalue weighted by molar-refractivity contribution is 5.97. The average molecular weight is 237 g/mol. The Morgan fingerprint density at radius 3 is 2.59 bits per heavy atom. The van der Waals surface area contributed by atoms with Gasteiger partial charge < -0.3 is 9.84 Å². The third kappa shape index (κ3) is 5.08. The average Bonchev–Trinajstić information content (AvgIpc) is 2.37. The highest BCUT2D eigenvalue weighted by Gasteiger charge is 2.11. The van der Waals surface area contributed by atoms with Gasteiger partial charge in [-0.2, -0.15) is 0 Å². The summed E-state index contributed by atoms with van der Waals surface area (Å²) in [7, 11) is 1.62. The van der Waals surface area contributed by atoms with Crippen LogP contribution < -0.4 is 0 Å². The first kappa shape index (κ1) is 13.8. The third-order valence-corrected chi connectivity index (χ3v) is 2.49. The topological polar surface area (TPSA) is 49.8 Å². The van der Waals surface area contributed by atoms with E-state index in [1.165, 1.54) is 0 Å². The molecule has 1 N–H and O–H groups in total. The predicted molar refractivity (Wildman–Crippen MR) is 66.2 cm³/mol. The summed E-state index contributed by atoms with van der Waals surface area (Å²) in [4.78, 5) is 13.8. The first-order chi connectivity index (χ1) is 8.27. The highest BCUT2D eigenvalue weighted by Crippen LogP contribution is 2.01. The quantitative estimate of drug-likeness (QED) is 0.680. The first-order valence-corrected chi connectivity index (χ1v) is 5.68. The fraction of sp³-hybridized carbons (Fsp3) is 0.462. The van der Waals surface area contributed by atoms with Gasteiger partial charge in [-0.1, -0.05) is 30.3 Å². The second-order valence-corrected chi connectivity index (χ2v) is 3.78. The summed E-state index contributed by atoms with van der Waals surface area (Å²) in [6, 6.07) is 9.18. The molecule has 1 rings (SSSR count). The maximum atomic E-state index is 11.9. The number of ether oxygens (including phenoxy) is 1. The van der Waals surface area contributed by atoms with E-state index in [4.69, 9.17) is 9.84 Å². The molecular formula is C13H19NO3. The molecule has 0 amide bonds. The molecule has 0 aromatic heterocycles. The third-order valence-electron chi connectivity index (χ3n) is 2.49. The summed E-state index contributed by atoms with van der Waals surface area (Å²) in [5, 5.41) is 8.93. The molecule has 0 radical (unpaired) electrons. The van der Waals surface area contributed by atoms with Crippen molar-refractivity contribution in [3.8, 4) is 0 Å². The lowest BCUT2D eigenvalue weighted by molar-refractivity contribution is 0.0868. The molecule has 0 saturated carbocycles. The summed E-state index contributed by atoms with van der Waals surface area (Å²) >= 11 is 0. The van der Waals surface area contributed by atoms with E-state index < -0.39 is 0 Å². The number of aliphatic hydroxyl groups excluding tert-OH is 1. The summed E-state index contributed by atoms with van der Waals surface area (Å²) in [6.07, 6.45) is 0. The number of nitrogens with zero attached hydrogens (tertiary/aromatic N) is 1. The molecule has 0 aliphatic heterocycles. The van der Waals surface area contributed by atoms with Crippen molar-refractivity contribution in [3.05, 3.63) is 35.9 Å². The molecule has 0 unspecified atom stereocenters. The number of Topliss-reactive ketones (excluding diaryl/α,β-unsaturated/α-hetero) is 1. The molecule has 0 fully saturated rings. The number of carbonyl (C=O) groups is 1. The van der Waals surface area contributed by atoms with Gasteiger partial charge >= 0.3 is 0 Å². The lowest BCUT2D eigenvalue weighted by Crippen LogP contribution is -2.35. The fourth-order valence-electron chi connectivity index (χ4n) is 1.55. The van der Waals surface area contributed by atoms with Crippen LogP contribution in [0.1, 0.15) is 10.4 Å². The molecule has 0 heterocycles. The van der Waals surface area contributed by atoms with E-state index in [0.717, 1.165) is 0 Å². The van der Waals surface area contributed by atoms with Gasteiger partial charge in [0.2, 0.25) is 0 Å². The SMILES string of the molecule is COCCN(CCO)CC(=O)c1ccccc1. The minimum Gasteiger partial charge on any atom is -0.395 e. The molecule has 0 atom stereocenters. The number of carbonyl (C=O) groups excluding carboxylic acids is 1. The van der Waals surface area contributed by atoms with Crippen LogP contribution in [0.5, 0.6) is 0 Å². The zero-order valence-electron chi connectivity index (χ0n) is 10.1. The molecule has 0 aliphatic carbocycles. The van der Waals surface area contributed by atoms with Crippen LogP contribution in [0.2, 0.25) is 0 Å². The smallest absolute Gasteiger partial charge is 0.176 e. The molecule has 0 aliphatic rings. The van der Waals surface area contributed by atoms with Crippen LogP contribution in [-0.2, 0) is 4.74 Å². The second kappa shape index (κ2) is 7.95. The monoisotopic (exact) mass is 237 g/mol. The van der Waals surface area contributed by atoms with Gasteiger partial charge in [0.1, 0.15) is 0 Å². The Bertz CT molecular complexity index is 327. The lowest BCUT2D eigenvalue weighted by atomic mass is 10.1. The van der Waals surface area contributed by atoms with Crippen LogP contribution in [0.4, 0.5) is 0 Å². The van der Waals surface area contributed by atoms with Gasteiger partial charge in [-0.3, -0.25) is 9.69 Å². The Hall–Kier alpha value is -1.23. The van der Waals surface area contributed by atoms with Gasteiger partial charge in [-0.25, -0.2) is 0 Å². The normalized spacial score (nSPS) is 10.8. The van der Waals surface area contributed by atoms with Crippen LogP contribution >= 0.6 is 0 Å². The Labute approximate surface area is 102 Å². The standard InChI is InChI=1S/C13H19NO3/c1-17-10-8-14(7-9-15)11-13(16)12-5-3-2-4-6-12/h2-6,15H,7-11H2,1H3. The molecule has 0 bridgehead atoms. The van der Waals surface area contributed by atoms with Gasteiger partial charge in [-0.05, 0) is 0 Å². The van der Waals surface area contributed by atoms with Crippen molar-refractivity contribution in [2.75, 3.05) is 40.0 Å². The zero-order valence-corrected chi connectivity index (χ0v) is 10.1. The number of rotatable bonds is 8. The van der Waals surface area contributed by atoms with Crippen LogP contribution in [0.15, 0.2) is 30.3 Å². The van der Waals surface area contributed by atoms with E-state index in [0.29, 0.717) is 31.8 Å². The first-order valence-electron chi connectivity index (χ1n) is 5.68. The largest absolute Gasteiger partial charge is 0.395 e. The summed E-state index contributed by atoms with van der Waals surface area (Å²) in [5.41, 5.74) is 0.702. The molecule has 0 spiro atoms. The van der Waals surface area contributed by atoms with Crippen molar-refractivity contribution in [3.63, 3.8) is 0 Å². The molecular weight excluding hydrogens is 218 g/mol. The number of aliphatic hydroxyl groups is 1. The number of methoxy groups -OCH3 is 1. The van der Waals surface area contributed by atoms with Gasteiger partial charge in [0.05, 0.1) is 19.8 Å². The molecule has 4 nitrogen and oxygen atoms in total. The fourth-order valence-corrected chi connectivity index (χ4v) is 1.55.